The van der Waals surface area contributed by atoms with Gasteiger partial charge in [0.1, 0.15) is 11.5 Å². The van der Waals surface area contributed by atoms with Crippen LogP contribution in [0.2, 0.25) is 0 Å². The molecule has 30 heavy (non-hydrogen) atoms. The smallest absolute Gasteiger partial charge is 0.328 e. The molecule has 0 spiro atoms. The summed E-state index contributed by atoms with van der Waals surface area (Å²) < 4.78 is 5.91. The molecule has 0 amide bonds. The van der Waals surface area contributed by atoms with Gasteiger partial charge in [-0.15, -0.1) is 0 Å². The van der Waals surface area contributed by atoms with Crippen molar-refractivity contribution in [1.29, 1.82) is 0 Å². The molecular weight excluding hydrogens is 386 g/mol. The summed E-state index contributed by atoms with van der Waals surface area (Å²) in [7, 11) is 2.20. The Bertz CT molecular complexity index is 913. The van der Waals surface area contributed by atoms with Crippen molar-refractivity contribution >= 4 is 11.9 Å². The number of nitrogens with zero attached hydrogens (tertiary/aromatic N) is 3. The normalized spacial score (nSPS) is 19.3. The van der Waals surface area contributed by atoms with Crippen molar-refractivity contribution in [3.63, 3.8) is 0 Å². The van der Waals surface area contributed by atoms with Crippen molar-refractivity contribution in [2.24, 2.45) is 0 Å². The summed E-state index contributed by atoms with van der Waals surface area (Å²) >= 11 is 0. The molecule has 1 atom stereocenters. The molecule has 1 unspecified atom stereocenters. The number of carboxylic acids is 2. The Morgan fingerprint density at radius 3 is 2.33 bits per heavy atom. The van der Waals surface area contributed by atoms with E-state index >= 15 is 0 Å². The van der Waals surface area contributed by atoms with Gasteiger partial charge < -0.3 is 19.5 Å². The fourth-order valence-corrected chi connectivity index (χ4v) is 3.89. The molecule has 4 rings (SSSR count). The third-order valence-corrected chi connectivity index (χ3v) is 5.34. The van der Waals surface area contributed by atoms with E-state index in [-0.39, 0.29) is 6.04 Å². The highest BCUT2D eigenvalue weighted by molar-refractivity contribution is 5.89. The fourth-order valence-electron chi connectivity index (χ4n) is 3.89. The van der Waals surface area contributed by atoms with Gasteiger partial charge in [-0.1, -0.05) is 24.3 Å². The molecule has 160 valence electrons. The Morgan fingerprint density at radius 2 is 1.70 bits per heavy atom. The minimum absolute atomic E-state index is 0.250. The van der Waals surface area contributed by atoms with E-state index in [1.54, 1.807) is 0 Å². The molecule has 2 N–H and O–H groups in total. The van der Waals surface area contributed by atoms with Crippen LogP contribution < -0.4 is 0 Å². The molecule has 2 aliphatic rings. The number of likely N-dealkylation sites (N-methyl/N-ethyl adjacent to an activating group) is 1. The fraction of sp³-hybridized carbons (Fsp3) is 0.409. The minimum Gasteiger partial charge on any atom is -0.478 e. The highest BCUT2D eigenvalue weighted by Gasteiger charge is 2.33. The molecule has 1 aliphatic heterocycles. The zero-order valence-electron chi connectivity index (χ0n) is 17.2. The van der Waals surface area contributed by atoms with Crippen molar-refractivity contribution < 1.29 is 24.2 Å². The molecule has 0 bridgehead atoms. The Kier molecular flexibility index (Phi) is 7.02. The lowest BCUT2D eigenvalue weighted by Crippen LogP contribution is -2.46. The summed E-state index contributed by atoms with van der Waals surface area (Å²) in [6.45, 7) is 6.36. The van der Waals surface area contributed by atoms with Crippen LogP contribution in [0.4, 0.5) is 0 Å². The summed E-state index contributed by atoms with van der Waals surface area (Å²) in [5, 5.41) is 15.6. The van der Waals surface area contributed by atoms with Gasteiger partial charge in [0.2, 0.25) is 0 Å². The lowest BCUT2D eigenvalue weighted by Gasteiger charge is -2.37. The van der Waals surface area contributed by atoms with E-state index in [2.05, 4.69) is 41.1 Å². The number of carboxylic acid groups (broad SMARTS) is 2. The molecule has 8 heteroatoms. The molecule has 1 aromatic heterocycles. The number of aromatic nitrogens is 1. The second-order valence-corrected chi connectivity index (χ2v) is 7.49. The topological polar surface area (TPSA) is 107 Å². The molecule has 0 radical (unpaired) electrons. The monoisotopic (exact) mass is 413 g/mol. The molecule has 1 saturated heterocycles. The van der Waals surface area contributed by atoms with Crippen LogP contribution >= 0.6 is 0 Å². The quantitative estimate of drug-likeness (QED) is 0.737. The zero-order valence-corrected chi connectivity index (χ0v) is 17.2. The van der Waals surface area contributed by atoms with Crippen molar-refractivity contribution in [3.8, 4) is 0 Å². The van der Waals surface area contributed by atoms with Gasteiger partial charge in [0, 0.05) is 51.7 Å². The van der Waals surface area contributed by atoms with Gasteiger partial charge in [-0.2, -0.15) is 0 Å². The van der Waals surface area contributed by atoms with Crippen molar-refractivity contribution in [2.45, 2.75) is 25.8 Å². The number of aryl methyl sites for hydroxylation is 3. The summed E-state index contributed by atoms with van der Waals surface area (Å²) in [6.07, 6.45) is 3.12. The third-order valence-electron chi connectivity index (χ3n) is 5.34. The molecule has 1 aliphatic carbocycles. The van der Waals surface area contributed by atoms with Gasteiger partial charge in [0.05, 0.1) is 6.04 Å². The molecule has 2 aromatic rings. The average Bonchev–Trinajstić information content (AvgIpc) is 3.01. The molecule has 0 saturated carbocycles. The Labute approximate surface area is 175 Å². The Morgan fingerprint density at radius 1 is 1.07 bits per heavy atom. The van der Waals surface area contributed by atoms with E-state index in [4.69, 9.17) is 19.6 Å². The molecule has 2 heterocycles. The van der Waals surface area contributed by atoms with Crippen LogP contribution in [0.15, 0.2) is 40.8 Å². The van der Waals surface area contributed by atoms with Crippen LogP contribution in [0.5, 0.6) is 0 Å². The van der Waals surface area contributed by atoms with E-state index in [9.17, 15) is 9.59 Å². The Hall–Kier alpha value is -2.97. The van der Waals surface area contributed by atoms with Gasteiger partial charge in [-0.25, -0.2) is 14.6 Å². The van der Waals surface area contributed by atoms with E-state index in [0.29, 0.717) is 12.2 Å². The first-order valence-electron chi connectivity index (χ1n) is 9.95. The Balaban J connectivity index is 0.000000275. The van der Waals surface area contributed by atoms with E-state index in [0.717, 1.165) is 56.4 Å². The number of hydrogen-bond acceptors (Lipinski definition) is 6. The maximum absolute atomic E-state index is 9.55. The maximum atomic E-state index is 9.55. The van der Waals surface area contributed by atoms with Gasteiger partial charge in [0.25, 0.3) is 0 Å². The number of piperazine rings is 1. The predicted octanol–water partition coefficient (Wildman–Crippen LogP) is 2.13. The summed E-state index contributed by atoms with van der Waals surface area (Å²) in [5.41, 5.74) is 4.00. The van der Waals surface area contributed by atoms with Gasteiger partial charge in [0.15, 0.2) is 5.89 Å². The number of benzene rings is 1. The SMILES string of the molecule is Cc1nc2c(o1)CCc1ccccc1C2N1CCN(C)CC1.O=C(O)/C=C\C(=O)O. The van der Waals surface area contributed by atoms with E-state index in [1.807, 2.05) is 6.92 Å². The third kappa shape index (κ3) is 5.34. The van der Waals surface area contributed by atoms with E-state index in [1.165, 1.54) is 11.1 Å². The zero-order chi connectivity index (χ0) is 21.7. The van der Waals surface area contributed by atoms with E-state index < -0.39 is 11.9 Å². The first-order chi connectivity index (χ1) is 14.3. The number of fused-ring (bicyclic) bond motifs is 2. The van der Waals surface area contributed by atoms with Gasteiger partial charge >= 0.3 is 11.9 Å². The highest BCUT2D eigenvalue weighted by atomic mass is 16.4. The van der Waals surface area contributed by atoms with Crippen LogP contribution in [-0.2, 0) is 22.4 Å². The standard InChI is InChI=1S/C18H23N3O.C4H4O4/c1-13-19-17-16(22-13)8-7-14-5-3-4-6-15(14)18(17)21-11-9-20(2)10-12-21;5-3(6)1-2-4(7)8/h3-6,18H,7-12H2,1-2H3;1-2H,(H,5,6)(H,7,8)/b;2-1-. The summed E-state index contributed by atoms with van der Waals surface area (Å²) in [5.74, 6) is -0.638. The van der Waals surface area contributed by atoms with Crippen LogP contribution in [0.3, 0.4) is 0 Å². The first-order valence-corrected chi connectivity index (χ1v) is 9.95. The number of rotatable bonds is 3. The lowest BCUT2D eigenvalue weighted by atomic mass is 9.97. The lowest BCUT2D eigenvalue weighted by molar-refractivity contribution is -0.134. The number of carbonyl (C=O) groups is 2. The largest absolute Gasteiger partial charge is 0.478 e. The first kappa shape index (κ1) is 21.7. The van der Waals surface area contributed by atoms with Crippen LogP contribution in [0.25, 0.3) is 0 Å². The molecule has 8 nitrogen and oxygen atoms in total. The number of hydrogen-bond donors (Lipinski definition) is 2. The average molecular weight is 413 g/mol. The summed E-state index contributed by atoms with van der Waals surface area (Å²) in [6, 6.07) is 9.08. The number of oxazole rings is 1. The minimum atomic E-state index is -1.26. The van der Waals surface area contributed by atoms with Crippen molar-refractivity contribution in [3.05, 3.63) is 64.9 Å². The number of aliphatic carboxylic acids is 2. The maximum Gasteiger partial charge on any atom is 0.328 e. The van der Waals surface area contributed by atoms with Gasteiger partial charge in [-0.3, -0.25) is 4.90 Å². The van der Waals surface area contributed by atoms with Gasteiger partial charge in [-0.05, 0) is 24.6 Å². The summed E-state index contributed by atoms with van der Waals surface area (Å²) in [4.78, 5) is 28.8. The van der Waals surface area contributed by atoms with Crippen LogP contribution in [0, 0.1) is 6.92 Å². The second kappa shape index (κ2) is 9.69. The van der Waals surface area contributed by atoms with Crippen molar-refractivity contribution in [2.75, 3.05) is 33.2 Å². The predicted molar refractivity (Wildman–Crippen MR) is 110 cm³/mol. The molecule has 1 fully saturated rings. The van der Waals surface area contributed by atoms with Crippen LogP contribution in [-0.4, -0.2) is 70.2 Å². The molecular formula is C22H27N3O5. The van der Waals surface area contributed by atoms with Crippen LogP contribution in [0.1, 0.15) is 34.5 Å². The molecule has 1 aromatic carbocycles. The highest BCUT2D eigenvalue weighted by Crippen LogP contribution is 2.36. The second-order valence-electron chi connectivity index (χ2n) is 7.49. The van der Waals surface area contributed by atoms with Crippen molar-refractivity contribution in [1.82, 2.24) is 14.8 Å².